The second-order valence-corrected chi connectivity index (χ2v) is 8.18. The minimum Gasteiger partial charge on any atom is -0.468 e. The van der Waals surface area contributed by atoms with E-state index in [2.05, 4.69) is 0 Å². The SMILES string of the molecule is O=S(=O)(c1ccc(Cl)s1)N1CCC[C@H]1c1ccco1. The van der Waals surface area contributed by atoms with Gasteiger partial charge in [0, 0.05) is 6.54 Å². The topological polar surface area (TPSA) is 50.5 Å². The van der Waals surface area contributed by atoms with Crippen LogP contribution in [0.4, 0.5) is 0 Å². The van der Waals surface area contributed by atoms with Crippen molar-refractivity contribution < 1.29 is 12.8 Å². The molecule has 2 aromatic rings. The van der Waals surface area contributed by atoms with Gasteiger partial charge in [-0.25, -0.2) is 8.42 Å². The van der Waals surface area contributed by atoms with Crippen molar-refractivity contribution in [3.05, 3.63) is 40.6 Å². The number of hydrogen-bond acceptors (Lipinski definition) is 4. The molecule has 4 nitrogen and oxygen atoms in total. The van der Waals surface area contributed by atoms with Crippen LogP contribution in [0.3, 0.4) is 0 Å². The van der Waals surface area contributed by atoms with Gasteiger partial charge >= 0.3 is 0 Å². The van der Waals surface area contributed by atoms with Gasteiger partial charge in [0.25, 0.3) is 10.0 Å². The molecule has 1 saturated heterocycles. The highest BCUT2D eigenvalue weighted by molar-refractivity contribution is 7.91. The van der Waals surface area contributed by atoms with E-state index >= 15 is 0 Å². The van der Waals surface area contributed by atoms with Crippen molar-refractivity contribution in [3.8, 4) is 0 Å². The molecule has 1 atom stereocenters. The highest BCUT2D eigenvalue weighted by Crippen LogP contribution is 2.38. The average molecular weight is 318 g/mol. The first-order valence-electron chi connectivity index (χ1n) is 5.89. The number of thiophene rings is 1. The third-order valence-electron chi connectivity index (χ3n) is 3.19. The van der Waals surface area contributed by atoms with E-state index in [1.807, 2.05) is 6.07 Å². The van der Waals surface area contributed by atoms with Gasteiger partial charge in [0.05, 0.1) is 16.6 Å². The molecule has 0 saturated carbocycles. The van der Waals surface area contributed by atoms with Crippen molar-refractivity contribution in [2.24, 2.45) is 0 Å². The summed E-state index contributed by atoms with van der Waals surface area (Å²) in [5, 5.41) is 0. The summed E-state index contributed by atoms with van der Waals surface area (Å²) in [5.41, 5.74) is 0. The average Bonchev–Trinajstić information content (AvgIpc) is 3.09. The van der Waals surface area contributed by atoms with Crippen LogP contribution in [-0.2, 0) is 10.0 Å². The summed E-state index contributed by atoms with van der Waals surface area (Å²) in [6, 6.07) is 6.55. The summed E-state index contributed by atoms with van der Waals surface area (Å²) < 4.78 is 32.8. The fourth-order valence-electron chi connectivity index (χ4n) is 2.34. The van der Waals surface area contributed by atoms with Crippen molar-refractivity contribution >= 4 is 33.0 Å². The second-order valence-electron chi connectivity index (χ2n) is 4.35. The Morgan fingerprint density at radius 2 is 2.21 bits per heavy atom. The molecule has 1 aliphatic rings. The van der Waals surface area contributed by atoms with Gasteiger partial charge in [-0.2, -0.15) is 4.31 Å². The van der Waals surface area contributed by atoms with Gasteiger partial charge in [-0.15, -0.1) is 11.3 Å². The monoisotopic (exact) mass is 317 g/mol. The predicted molar refractivity (Wildman–Crippen MR) is 73.9 cm³/mol. The molecule has 0 unspecified atom stereocenters. The van der Waals surface area contributed by atoms with E-state index in [0.717, 1.165) is 24.2 Å². The fraction of sp³-hybridized carbons (Fsp3) is 0.333. The lowest BCUT2D eigenvalue weighted by molar-refractivity contribution is 0.340. The maximum absolute atomic E-state index is 12.6. The molecule has 0 amide bonds. The Labute approximate surface area is 120 Å². The normalized spacial score (nSPS) is 21.0. The van der Waals surface area contributed by atoms with Crippen LogP contribution in [-0.4, -0.2) is 19.3 Å². The van der Waals surface area contributed by atoms with E-state index < -0.39 is 10.0 Å². The van der Waals surface area contributed by atoms with Gasteiger partial charge in [-0.05, 0) is 37.1 Å². The Bertz CT molecular complexity index is 663. The summed E-state index contributed by atoms with van der Waals surface area (Å²) in [7, 11) is -3.49. The van der Waals surface area contributed by atoms with Gasteiger partial charge in [0.15, 0.2) is 0 Å². The molecular weight excluding hydrogens is 306 g/mol. The first kappa shape index (κ1) is 13.2. The van der Waals surface area contributed by atoms with E-state index in [9.17, 15) is 8.42 Å². The Kier molecular flexibility index (Phi) is 3.42. The Morgan fingerprint density at radius 1 is 1.37 bits per heavy atom. The van der Waals surface area contributed by atoms with E-state index in [1.165, 1.54) is 4.31 Å². The standard InChI is InChI=1S/C12H12ClNO3S2/c13-11-5-6-12(18-11)19(15,16)14-7-1-3-9(14)10-4-2-8-17-10/h2,4-6,8-9H,1,3,7H2/t9-/m0/s1. The fourth-order valence-corrected chi connectivity index (χ4v) is 5.62. The van der Waals surface area contributed by atoms with Gasteiger partial charge < -0.3 is 4.42 Å². The molecule has 0 bridgehead atoms. The molecule has 0 aromatic carbocycles. The minimum atomic E-state index is -3.49. The highest BCUT2D eigenvalue weighted by Gasteiger charge is 2.38. The quantitative estimate of drug-likeness (QED) is 0.870. The number of sulfonamides is 1. The second kappa shape index (κ2) is 4.94. The molecular formula is C12H12ClNO3S2. The van der Waals surface area contributed by atoms with Crippen molar-refractivity contribution in [2.45, 2.75) is 23.1 Å². The molecule has 3 heterocycles. The zero-order chi connectivity index (χ0) is 13.5. The molecule has 1 fully saturated rings. The number of hydrogen-bond donors (Lipinski definition) is 0. The van der Waals surface area contributed by atoms with Crippen LogP contribution in [0.1, 0.15) is 24.6 Å². The van der Waals surface area contributed by atoms with Crippen LogP contribution in [0, 0.1) is 0 Å². The summed E-state index contributed by atoms with van der Waals surface area (Å²) in [4.78, 5) is 0. The van der Waals surface area contributed by atoms with E-state index in [4.69, 9.17) is 16.0 Å². The Morgan fingerprint density at radius 3 is 2.84 bits per heavy atom. The zero-order valence-corrected chi connectivity index (χ0v) is 12.3. The van der Waals surface area contributed by atoms with Crippen LogP contribution < -0.4 is 0 Å². The summed E-state index contributed by atoms with van der Waals surface area (Å²) >= 11 is 6.91. The molecule has 102 valence electrons. The van der Waals surface area contributed by atoms with E-state index in [-0.39, 0.29) is 10.3 Å². The van der Waals surface area contributed by atoms with Gasteiger partial charge in [-0.1, -0.05) is 11.6 Å². The molecule has 0 aliphatic carbocycles. The molecule has 1 aliphatic heterocycles. The molecule has 0 spiro atoms. The van der Waals surface area contributed by atoms with Crippen LogP contribution in [0.15, 0.2) is 39.2 Å². The van der Waals surface area contributed by atoms with Crippen molar-refractivity contribution in [2.75, 3.05) is 6.54 Å². The summed E-state index contributed by atoms with van der Waals surface area (Å²) in [6.07, 6.45) is 3.19. The molecule has 0 N–H and O–H groups in total. The maximum atomic E-state index is 12.6. The molecule has 0 radical (unpaired) electrons. The van der Waals surface area contributed by atoms with Crippen molar-refractivity contribution in [1.29, 1.82) is 0 Å². The van der Waals surface area contributed by atoms with Crippen LogP contribution in [0.5, 0.6) is 0 Å². The van der Waals surface area contributed by atoms with Gasteiger partial charge in [0.2, 0.25) is 0 Å². The Hall–Kier alpha value is -0.820. The van der Waals surface area contributed by atoms with E-state index in [1.54, 1.807) is 24.5 Å². The number of halogens is 1. The van der Waals surface area contributed by atoms with E-state index in [0.29, 0.717) is 16.6 Å². The summed E-state index contributed by atoms with van der Waals surface area (Å²) in [5.74, 6) is 0.698. The summed E-state index contributed by atoms with van der Waals surface area (Å²) in [6.45, 7) is 0.517. The highest BCUT2D eigenvalue weighted by atomic mass is 35.5. The molecule has 19 heavy (non-hydrogen) atoms. The lowest BCUT2D eigenvalue weighted by Crippen LogP contribution is -2.29. The predicted octanol–water partition coefficient (Wildman–Crippen LogP) is 3.52. The third-order valence-corrected chi connectivity index (χ3v) is 6.79. The van der Waals surface area contributed by atoms with Crippen molar-refractivity contribution in [1.82, 2.24) is 4.31 Å². The van der Waals surface area contributed by atoms with Gasteiger partial charge in [0.1, 0.15) is 9.97 Å². The number of rotatable bonds is 3. The first-order chi connectivity index (χ1) is 9.09. The van der Waals surface area contributed by atoms with Crippen LogP contribution in [0.2, 0.25) is 4.34 Å². The van der Waals surface area contributed by atoms with Gasteiger partial charge in [-0.3, -0.25) is 0 Å². The van der Waals surface area contributed by atoms with Crippen molar-refractivity contribution in [3.63, 3.8) is 0 Å². The lowest BCUT2D eigenvalue weighted by atomic mass is 10.2. The minimum absolute atomic E-state index is 0.208. The molecule has 7 heteroatoms. The first-order valence-corrected chi connectivity index (χ1v) is 8.53. The smallest absolute Gasteiger partial charge is 0.253 e. The third kappa shape index (κ3) is 2.33. The molecule has 3 rings (SSSR count). The number of furan rings is 1. The molecule has 2 aromatic heterocycles. The zero-order valence-electron chi connectivity index (χ0n) is 9.95. The number of nitrogens with zero attached hydrogens (tertiary/aromatic N) is 1. The Balaban J connectivity index is 1.96. The lowest BCUT2D eigenvalue weighted by Gasteiger charge is -2.21. The largest absolute Gasteiger partial charge is 0.468 e. The maximum Gasteiger partial charge on any atom is 0.253 e. The van der Waals surface area contributed by atoms with Crippen LogP contribution in [0.25, 0.3) is 0 Å². The van der Waals surface area contributed by atoms with Crippen LogP contribution >= 0.6 is 22.9 Å².